The summed E-state index contributed by atoms with van der Waals surface area (Å²) in [4.78, 5) is 17.2. The van der Waals surface area contributed by atoms with E-state index in [4.69, 9.17) is 0 Å². The zero-order valence-corrected chi connectivity index (χ0v) is 14.3. The van der Waals surface area contributed by atoms with Crippen LogP contribution >= 0.6 is 15.9 Å². The molecule has 0 bridgehead atoms. The number of hydrogen-bond donors (Lipinski definition) is 1. The Bertz CT molecular complexity index is 656. The number of carbonyl (C=O) groups is 1. The van der Waals surface area contributed by atoms with E-state index in [0.29, 0.717) is 5.56 Å². The van der Waals surface area contributed by atoms with Crippen molar-refractivity contribution < 1.29 is 4.79 Å². The van der Waals surface area contributed by atoms with Gasteiger partial charge in [-0.25, -0.2) is 0 Å². The zero-order chi connectivity index (χ0) is 15.5. The molecule has 21 heavy (non-hydrogen) atoms. The fourth-order valence-electron chi connectivity index (χ4n) is 2.37. The number of nitrogens with one attached hydrogen (secondary N) is 1. The fourth-order valence-corrected chi connectivity index (χ4v) is 3.25. The second-order valence-electron chi connectivity index (χ2n) is 5.64. The molecule has 1 aromatic heterocycles. The summed E-state index contributed by atoms with van der Waals surface area (Å²) in [6, 6.07) is 9.63. The van der Waals surface area contributed by atoms with Gasteiger partial charge in [0, 0.05) is 21.9 Å². The molecule has 0 spiro atoms. The normalized spacial score (nSPS) is 13.9. The van der Waals surface area contributed by atoms with Crippen molar-refractivity contribution in [2.45, 2.75) is 39.2 Å². The van der Waals surface area contributed by atoms with Gasteiger partial charge < -0.3 is 5.32 Å². The summed E-state index contributed by atoms with van der Waals surface area (Å²) < 4.78 is 0. The van der Waals surface area contributed by atoms with Crippen molar-refractivity contribution in [2.75, 3.05) is 5.33 Å². The summed E-state index contributed by atoms with van der Waals surface area (Å²) in [5.41, 5.74) is 2.23. The summed E-state index contributed by atoms with van der Waals surface area (Å²) in [5.74, 6) is -0.0259. The molecule has 0 radical (unpaired) electrons. The minimum absolute atomic E-state index is 0.0259. The SMILES string of the molecule is CCC(C)(CCBr)NC(=O)c1cc(C)nc2ccccc12. The van der Waals surface area contributed by atoms with Crippen LogP contribution in [0, 0.1) is 6.92 Å². The Morgan fingerprint density at radius 3 is 2.76 bits per heavy atom. The van der Waals surface area contributed by atoms with Crippen LogP contribution in [0.4, 0.5) is 0 Å². The number of pyridine rings is 1. The molecular weight excluding hydrogens is 328 g/mol. The molecule has 0 fully saturated rings. The van der Waals surface area contributed by atoms with Gasteiger partial charge in [0.1, 0.15) is 0 Å². The Labute approximate surface area is 134 Å². The van der Waals surface area contributed by atoms with E-state index in [2.05, 4.69) is 40.1 Å². The first-order valence-corrected chi connectivity index (χ1v) is 8.36. The summed E-state index contributed by atoms with van der Waals surface area (Å²) in [5, 5.41) is 4.95. The fraction of sp³-hybridized carbons (Fsp3) is 0.412. The topological polar surface area (TPSA) is 42.0 Å². The molecule has 1 amide bonds. The van der Waals surface area contributed by atoms with E-state index in [0.717, 1.165) is 34.8 Å². The number of aromatic nitrogens is 1. The van der Waals surface area contributed by atoms with E-state index in [1.807, 2.05) is 37.3 Å². The summed E-state index contributed by atoms with van der Waals surface area (Å²) in [6.45, 7) is 6.10. The van der Waals surface area contributed by atoms with Gasteiger partial charge in [0.05, 0.1) is 11.1 Å². The van der Waals surface area contributed by atoms with E-state index < -0.39 is 0 Å². The van der Waals surface area contributed by atoms with Crippen LogP contribution in [-0.2, 0) is 0 Å². The molecule has 0 saturated carbocycles. The van der Waals surface area contributed by atoms with Crippen molar-refractivity contribution in [3.63, 3.8) is 0 Å². The molecule has 112 valence electrons. The first kappa shape index (κ1) is 16.0. The van der Waals surface area contributed by atoms with Crippen molar-refractivity contribution in [2.24, 2.45) is 0 Å². The highest BCUT2D eigenvalue weighted by Gasteiger charge is 2.25. The highest BCUT2D eigenvalue weighted by molar-refractivity contribution is 9.09. The Kier molecular flexibility index (Phi) is 4.99. The van der Waals surface area contributed by atoms with Gasteiger partial charge in [-0.3, -0.25) is 9.78 Å². The Morgan fingerprint density at radius 1 is 1.38 bits per heavy atom. The molecule has 1 aromatic carbocycles. The van der Waals surface area contributed by atoms with Crippen LogP contribution < -0.4 is 5.32 Å². The van der Waals surface area contributed by atoms with Gasteiger partial charge in [0.15, 0.2) is 0 Å². The van der Waals surface area contributed by atoms with Crippen LogP contribution in [0.2, 0.25) is 0 Å². The molecule has 1 N–H and O–H groups in total. The number of carbonyl (C=O) groups excluding carboxylic acids is 1. The van der Waals surface area contributed by atoms with E-state index >= 15 is 0 Å². The lowest BCUT2D eigenvalue weighted by atomic mass is 9.94. The number of para-hydroxylation sites is 1. The second-order valence-corrected chi connectivity index (χ2v) is 6.43. The quantitative estimate of drug-likeness (QED) is 0.821. The molecule has 0 saturated heterocycles. The number of hydrogen-bond acceptors (Lipinski definition) is 2. The minimum atomic E-state index is -0.196. The largest absolute Gasteiger partial charge is 0.347 e. The van der Waals surface area contributed by atoms with Gasteiger partial charge in [0.25, 0.3) is 5.91 Å². The molecular formula is C17H21BrN2O. The summed E-state index contributed by atoms with van der Waals surface area (Å²) in [6.07, 6.45) is 1.80. The van der Waals surface area contributed by atoms with Crippen molar-refractivity contribution in [3.05, 3.63) is 41.6 Å². The number of rotatable bonds is 5. The average molecular weight is 349 g/mol. The van der Waals surface area contributed by atoms with Crippen molar-refractivity contribution >= 4 is 32.7 Å². The van der Waals surface area contributed by atoms with Gasteiger partial charge >= 0.3 is 0 Å². The predicted octanol–water partition coefficient (Wildman–Crippen LogP) is 4.23. The highest BCUT2D eigenvalue weighted by atomic mass is 79.9. The van der Waals surface area contributed by atoms with Crippen molar-refractivity contribution in [3.8, 4) is 0 Å². The van der Waals surface area contributed by atoms with E-state index in [9.17, 15) is 4.79 Å². The molecule has 1 heterocycles. The number of fused-ring (bicyclic) bond motifs is 1. The van der Waals surface area contributed by atoms with Crippen molar-refractivity contribution in [1.82, 2.24) is 10.3 Å². The van der Waals surface area contributed by atoms with Crippen LogP contribution in [0.25, 0.3) is 10.9 Å². The number of halogens is 1. The molecule has 1 unspecified atom stereocenters. The maximum Gasteiger partial charge on any atom is 0.252 e. The number of benzene rings is 1. The van der Waals surface area contributed by atoms with Crippen LogP contribution in [0.1, 0.15) is 42.7 Å². The number of amides is 1. The molecule has 0 aliphatic carbocycles. The second kappa shape index (κ2) is 6.56. The Morgan fingerprint density at radius 2 is 2.10 bits per heavy atom. The van der Waals surface area contributed by atoms with Gasteiger partial charge in [-0.1, -0.05) is 41.1 Å². The van der Waals surface area contributed by atoms with Gasteiger partial charge in [-0.15, -0.1) is 0 Å². The van der Waals surface area contributed by atoms with E-state index in [1.165, 1.54) is 0 Å². The minimum Gasteiger partial charge on any atom is -0.347 e. The van der Waals surface area contributed by atoms with Crippen LogP contribution in [0.15, 0.2) is 30.3 Å². The van der Waals surface area contributed by atoms with Gasteiger partial charge in [0.2, 0.25) is 0 Å². The number of aryl methyl sites for hydroxylation is 1. The predicted molar refractivity (Wildman–Crippen MR) is 91.1 cm³/mol. The molecule has 0 aliphatic rings. The Hall–Kier alpha value is -1.42. The monoisotopic (exact) mass is 348 g/mol. The number of nitrogens with zero attached hydrogens (tertiary/aromatic N) is 1. The Balaban J connectivity index is 2.39. The molecule has 0 aliphatic heterocycles. The van der Waals surface area contributed by atoms with Crippen LogP contribution in [0.5, 0.6) is 0 Å². The third kappa shape index (κ3) is 3.62. The summed E-state index contributed by atoms with van der Waals surface area (Å²) >= 11 is 3.46. The maximum absolute atomic E-state index is 12.7. The van der Waals surface area contributed by atoms with Crippen molar-refractivity contribution in [1.29, 1.82) is 0 Å². The maximum atomic E-state index is 12.7. The molecule has 2 aromatic rings. The molecule has 2 rings (SSSR count). The zero-order valence-electron chi connectivity index (χ0n) is 12.7. The highest BCUT2D eigenvalue weighted by Crippen LogP contribution is 2.21. The first-order chi connectivity index (χ1) is 9.99. The standard InChI is InChI=1S/C17H21BrN2O/c1-4-17(3,9-10-18)20-16(21)14-11-12(2)19-15-8-6-5-7-13(14)15/h5-8,11H,4,9-10H2,1-3H3,(H,20,21). The third-order valence-electron chi connectivity index (χ3n) is 3.93. The molecule has 4 heteroatoms. The first-order valence-electron chi connectivity index (χ1n) is 7.24. The smallest absolute Gasteiger partial charge is 0.252 e. The summed E-state index contributed by atoms with van der Waals surface area (Å²) in [7, 11) is 0. The molecule has 1 atom stereocenters. The lowest BCUT2D eigenvalue weighted by Crippen LogP contribution is -2.45. The third-order valence-corrected chi connectivity index (χ3v) is 4.33. The van der Waals surface area contributed by atoms with Crippen LogP contribution in [-0.4, -0.2) is 21.8 Å². The van der Waals surface area contributed by atoms with Gasteiger partial charge in [-0.2, -0.15) is 0 Å². The molecule has 3 nitrogen and oxygen atoms in total. The lowest BCUT2D eigenvalue weighted by molar-refractivity contribution is 0.0903. The number of alkyl halides is 1. The van der Waals surface area contributed by atoms with Gasteiger partial charge in [-0.05, 0) is 38.8 Å². The van der Waals surface area contributed by atoms with E-state index in [1.54, 1.807) is 0 Å². The average Bonchev–Trinajstić information content (AvgIpc) is 2.46. The lowest BCUT2D eigenvalue weighted by Gasteiger charge is -2.29. The van der Waals surface area contributed by atoms with Crippen LogP contribution in [0.3, 0.4) is 0 Å². The van der Waals surface area contributed by atoms with E-state index in [-0.39, 0.29) is 11.4 Å².